The quantitative estimate of drug-likeness (QED) is 0.811. The molecule has 0 aliphatic carbocycles. The molecule has 2 aromatic carbocycles. The molecule has 0 radical (unpaired) electrons. The number of para-hydroxylation sites is 1. The van der Waals surface area contributed by atoms with Crippen molar-refractivity contribution < 1.29 is 17.5 Å². The highest BCUT2D eigenvalue weighted by Crippen LogP contribution is 2.32. The van der Waals surface area contributed by atoms with Gasteiger partial charge in [-0.15, -0.1) is 0 Å². The molecule has 0 saturated heterocycles. The summed E-state index contributed by atoms with van der Waals surface area (Å²) in [7, 11) is 0.975. The molecule has 3 nitrogen and oxygen atoms in total. The third-order valence-electron chi connectivity index (χ3n) is 2.15. The summed E-state index contributed by atoms with van der Waals surface area (Å²) in [6, 6.07) is 12.1. The first kappa shape index (κ1) is 12.9. The highest BCUT2D eigenvalue weighted by molar-refractivity contribution is 8.13. The lowest BCUT2D eigenvalue weighted by molar-refractivity contribution is 0.454. The Bertz CT molecular complexity index is 656. The van der Waals surface area contributed by atoms with Crippen LogP contribution in [0, 0.1) is 5.82 Å². The fourth-order valence-electron chi connectivity index (χ4n) is 1.42. The van der Waals surface area contributed by atoms with E-state index in [9.17, 15) is 12.8 Å². The highest BCUT2D eigenvalue weighted by Gasteiger charge is 2.22. The van der Waals surface area contributed by atoms with Gasteiger partial charge in [-0.05, 0) is 24.3 Å². The lowest BCUT2D eigenvalue weighted by atomic mass is 10.3. The molecule has 18 heavy (non-hydrogen) atoms. The summed E-state index contributed by atoms with van der Waals surface area (Å²) >= 11 is 0. The first-order valence-corrected chi connectivity index (χ1v) is 7.25. The van der Waals surface area contributed by atoms with Crippen LogP contribution < -0.4 is 4.74 Å². The summed E-state index contributed by atoms with van der Waals surface area (Å²) in [5, 5.41) is 0. The monoisotopic (exact) mass is 286 g/mol. The minimum absolute atomic E-state index is 0.142. The summed E-state index contributed by atoms with van der Waals surface area (Å²) in [6.07, 6.45) is 0. The summed E-state index contributed by atoms with van der Waals surface area (Å²) in [6.45, 7) is 0. The number of halogens is 2. The second kappa shape index (κ2) is 4.96. The minimum atomic E-state index is -4.21. The molecule has 2 aromatic rings. The molecule has 0 fully saturated rings. The summed E-state index contributed by atoms with van der Waals surface area (Å²) in [5.41, 5.74) is 0. The maximum Gasteiger partial charge on any atom is 0.267 e. The van der Waals surface area contributed by atoms with Crippen molar-refractivity contribution >= 4 is 19.7 Å². The third-order valence-corrected chi connectivity index (χ3v) is 3.49. The molecule has 6 heteroatoms. The molecule has 0 N–H and O–H groups in total. The Morgan fingerprint density at radius 1 is 1.00 bits per heavy atom. The van der Waals surface area contributed by atoms with Gasteiger partial charge < -0.3 is 4.74 Å². The van der Waals surface area contributed by atoms with E-state index in [0.717, 1.165) is 6.07 Å². The molecular formula is C12H8ClFO3S. The molecule has 94 valence electrons. The van der Waals surface area contributed by atoms with Gasteiger partial charge in [0.15, 0.2) is 4.90 Å². The van der Waals surface area contributed by atoms with Crippen molar-refractivity contribution in [2.45, 2.75) is 4.90 Å². The average Bonchev–Trinajstić information content (AvgIpc) is 2.28. The van der Waals surface area contributed by atoms with Gasteiger partial charge in [-0.3, -0.25) is 0 Å². The van der Waals surface area contributed by atoms with Crippen molar-refractivity contribution in [3.63, 3.8) is 0 Å². The van der Waals surface area contributed by atoms with E-state index in [1.807, 2.05) is 0 Å². The van der Waals surface area contributed by atoms with Gasteiger partial charge in [-0.2, -0.15) is 0 Å². The number of ether oxygens (including phenoxy) is 1. The zero-order valence-electron chi connectivity index (χ0n) is 9.01. The van der Waals surface area contributed by atoms with Gasteiger partial charge in [0.1, 0.15) is 17.3 Å². The van der Waals surface area contributed by atoms with E-state index in [0.29, 0.717) is 5.75 Å². The molecule has 0 unspecified atom stereocenters. The van der Waals surface area contributed by atoms with E-state index in [2.05, 4.69) is 0 Å². The van der Waals surface area contributed by atoms with E-state index < -0.39 is 19.8 Å². The fourth-order valence-corrected chi connectivity index (χ4v) is 2.52. The van der Waals surface area contributed by atoms with Gasteiger partial charge in [0.25, 0.3) is 9.05 Å². The topological polar surface area (TPSA) is 43.4 Å². The zero-order chi connectivity index (χ0) is 13.2. The summed E-state index contributed by atoms with van der Waals surface area (Å²) in [4.78, 5) is -0.657. The van der Waals surface area contributed by atoms with Crippen LogP contribution in [-0.4, -0.2) is 8.42 Å². The van der Waals surface area contributed by atoms with Gasteiger partial charge in [0.2, 0.25) is 0 Å². The predicted molar refractivity (Wildman–Crippen MR) is 66.0 cm³/mol. The first-order chi connectivity index (χ1) is 8.48. The Balaban J connectivity index is 2.50. The lowest BCUT2D eigenvalue weighted by Gasteiger charge is -2.09. The van der Waals surface area contributed by atoms with E-state index in [1.54, 1.807) is 30.3 Å². The largest absolute Gasteiger partial charge is 0.456 e. The van der Waals surface area contributed by atoms with Crippen LogP contribution in [-0.2, 0) is 9.05 Å². The van der Waals surface area contributed by atoms with Crippen LogP contribution in [0.1, 0.15) is 0 Å². The minimum Gasteiger partial charge on any atom is -0.456 e. The standard InChI is InChI=1S/C12H8ClFO3S/c13-18(15,16)12-10(14)7-4-8-11(12)17-9-5-2-1-3-6-9/h1-8H. The van der Waals surface area contributed by atoms with Crippen molar-refractivity contribution in [1.82, 2.24) is 0 Å². The van der Waals surface area contributed by atoms with Crippen LogP contribution in [0.4, 0.5) is 4.39 Å². The molecule has 0 heterocycles. The van der Waals surface area contributed by atoms with Crippen LogP contribution in [0.15, 0.2) is 53.4 Å². The Morgan fingerprint density at radius 3 is 2.28 bits per heavy atom. The van der Waals surface area contributed by atoms with Gasteiger partial charge in [-0.25, -0.2) is 12.8 Å². The van der Waals surface area contributed by atoms with E-state index in [-0.39, 0.29) is 5.75 Å². The zero-order valence-corrected chi connectivity index (χ0v) is 10.6. The van der Waals surface area contributed by atoms with Crippen LogP contribution in [0.25, 0.3) is 0 Å². The molecule has 0 atom stereocenters. The van der Waals surface area contributed by atoms with Gasteiger partial charge in [0.05, 0.1) is 0 Å². The van der Waals surface area contributed by atoms with Crippen molar-refractivity contribution in [3.8, 4) is 11.5 Å². The van der Waals surface area contributed by atoms with E-state index >= 15 is 0 Å². The molecule has 0 saturated carbocycles. The van der Waals surface area contributed by atoms with Crippen LogP contribution >= 0.6 is 10.7 Å². The van der Waals surface area contributed by atoms with Crippen LogP contribution in [0.5, 0.6) is 11.5 Å². The summed E-state index contributed by atoms with van der Waals surface area (Å²) in [5.74, 6) is -0.695. The number of hydrogen-bond acceptors (Lipinski definition) is 3. The lowest BCUT2D eigenvalue weighted by Crippen LogP contribution is -1.99. The average molecular weight is 287 g/mol. The fraction of sp³-hybridized carbons (Fsp3) is 0. The SMILES string of the molecule is O=S(=O)(Cl)c1c(F)cccc1Oc1ccccc1. The van der Waals surface area contributed by atoms with Crippen LogP contribution in [0.2, 0.25) is 0 Å². The second-order valence-corrected chi connectivity index (χ2v) is 5.92. The molecule has 0 aliphatic rings. The smallest absolute Gasteiger partial charge is 0.267 e. The molecule has 2 rings (SSSR count). The number of rotatable bonds is 3. The van der Waals surface area contributed by atoms with Gasteiger partial charge in [0, 0.05) is 10.7 Å². The third kappa shape index (κ3) is 2.80. The summed E-state index contributed by atoms with van der Waals surface area (Å²) < 4.78 is 41.4. The Hall–Kier alpha value is -1.59. The molecule has 0 aliphatic heterocycles. The van der Waals surface area contributed by atoms with Gasteiger partial charge >= 0.3 is 0 Å². The van der Waals surface area contributed by atoms with Crippen LogP contribution in [0.3, 0.4) is 0 Å². The van der Waals surface area contributed by atoms with Crippen molar-refractivity contribution in [1.29, 1.82) is 0 Å². The Labute approximate surface area is 108 Å². The number of hydrogen-bond donors (Lipinski definition) is 0. The Morgan fingerprint density at radius 2 is 1.67 bits per heavy atom. The van der Waals surface area contributed by atoms with Crippen molar-refractivity contribution in [2.75, 3.05) is 0 Å². The molecule has 0 amide bonds. The normalized spacial score (nSPS) is 11.2. The van der Waals surface area contributed by atoms with Gasteiger partial charge in [-0.1, -0.05) is 24.3 Å². The van der Waals surface area contributed by atoms with E-state index in [1.165, 1.54) is 12.1 Å². The molecule has 0 aromatic heterocycles. The van der Waals surface area contributed by atoms with Crippen molar-refractivity contribution in [3.05, 3.63) is 54.3 Å². The first-order valence-electron chi connectivity index (χ1n) is 4.94. The molecule has 0 bridgehead atoms. The molecule has 0 spiro atoms. The molecular weight excluding hydrogens is 279 g/mol. The predicted octanol–water partition coefficient (Wildman–Crippen LogP) is 3.55. The second-order valence-electron chi connectivity index (χ2n) is 3.42. The maximum absolute atomic E-state index is 13.5. The Kier molecular flexibility index (Phi) is 3.54. The van der Waals surface area contributed by atoms with E-state index in [4.69, 9.17) is 15.4 Å². The highest BCUT2D eigenvalue weighted by atomic mass is 35.7. The van der Waals surface area contributed by atoms with Crippen molar-refractivity contribution in [2.24, 2.45) is 0 Å². The maximum atomic E-state index is 13.5. The number of benzene rings is 2.